The van der Waals surface area contributed by atoms with E-state index < -0.39 is 0 Å². The number of nitrogens with zero attached hydrogens (tertiary/aromatic N) is 1. The van der Waals surface area contributed by atoms with Crippen LogP contribution in [0.25, 0.3) is 0 Å². The van der Waals surface area contributed by atoms with Gasteiger partial charge in [0.25, 0.3) is 0 Å². The van der Waals surface area contributed by atoms with Gasteiger partial charge in [0.05, 0.1) is 0 Å². The fourth-order valence-corrected chi connectivity index (χ4v) is 7.68. The van der Waals surface area contributed by atoms with Crippen LogP contribution in [0.2, 0.25) is 0 Å². The minimum absolute atomic E-state index is 0.675. The third-order valence-corrected chi connectivity index (χ3v) is 10.0. The van der Waals surface area contributed by atoms with Crippen molar-refractivity contribution in [2.75, 3.05) is 6.16 Å². The van der Waals surface area contributed by atoms with E-state index in [0.717, 1.165) is 32.7 Å². The highest BCUT2D eigenvalue weighted by molar-refractivity contribution is 7.38. The van der Waals surface area contributed by atoms with E-state index in [2.05, 4.69) is 105 Å². The molecule has 0 N–H and O–H groups in total. The molecule has 206 valence electrons. The van der Waals surface area contributed by atoms with Crippen LogP contribution < -0.4 is 0 Å². The molecule has 0 spiro atoms. The minimum Gasteiger partial charge on any atom is -0.307 e. The largest absolute Gasteiger partial charge is 0.307 e. The van der Waals surface area contributed by atoms with E-state index in [9.17, 15) is 0 Å². The summed E-state index contributed by atoms with van der Waals surface area (Å²) in [5.74, 6) is 0.675. The van der Waals surface area contributed by atoms with E-state index in [0.29, 0.717) is 5.78 Å². The van der Waals surface area contributed by atoms with Gasteiger partial charge in [0.1, 0.15) is 25.4 Å². The van der Waals surface area contributed by atoms with Gasteiger partial charge in [0, 0.05) is 23.1 Å². The Balaban J connectivity index is 1.67. The number of unbranched alkanes of at least 4 members (excludes halogenated alkanes) is 9. The first-order valence-corrected chi connectivity index (χ1v) is 16.7. The Hall–Kier alpha value is -1.95. The van der Waals surface area contributed by atoms with Crippen molar-refractivity contribution < 1.29 is 4.48 Å². The Labute approximate surface area is 236 Å². The summed E-state index contributed by atoms with van der Waals surface area (Å²) in [6.07, 6.45) is 16.8. The van der Waals surface area contributed by atoms with Crippen molar-refractivity contribution in [1.82, 2.24) is 0 Å². The minimum atomic E-state index is 0.675. The van der Waals surface area contributed by atoms with Crippen LogP contribution in [0.1, 0.15) is 101 Å². The molecule has 0 radical (unpaired) electrons. The molecule has 2 unspecified atom stereocenters. The molecule has 0 aromatic heterocycles. The lowest BCUT2D eigenvalue weighted by molar-refractivity contribution is -0.976. The Morgan fingerprint density at radius 2 is 0.868 bits per heavy atom. The van der Waals surface area contributed by atoms with Gasteiger partial charge in [-0.2, -0.15) is 0 Å². The summed E-state index contributed by atoms with van der Waals surface area (Å²) in [5, 5.41) is 0. The number of quaternary nitrogens is 1. The number of rotatable bonds is 20. The van der Waals surface area contributed by atoms with Crippen molar-refractivity contribution in [1.29, 1.82) is 0 Å². The Morgan fingerprint density at radius 3 is 1.24 bits per heavy atom. The molecular weight excluding hydrogens is 477 g/mol. The fourth-order valence-electron chi connectivity index (χ4n) is 5.95. The molecule has 3 aromatic rings. The number of hydrogen-bond acceptors (Lipinski definition) is 0. The number of hydrogen-bond donors (Lipinski definition) is 0. The lowest BCUT2D eigenvalue weighted by atomic mass is 10.1. The molecule has 0 saturated heterocycles. The van der Waals surface area contributed by atoms with Crippen LogP contribution in [-0.4, -0.2) is 16.4 Å². The molecule has 0 bridgehead atoms. The molecule has 0 aliphatic carbocycles. The standard InChI is InChI=1S/C36H53NP/c1-3-5-6-7-8-9-10-11-12-22-29-38-36(4-2)37(30-33-23-16-13-17-24-33,31-34-25-18-14-19-26-34)32-35-27-20-15-21-28-35/h13-21,23-28,36,38H,3-12,22,29-32H2,1-2H3/q+1. The van der Waals surface area contributed by atoms with Gasteiger partial charge >= 0.3 is 0 Å². The van der Waals surface area contributed by atoms with Crippen LogP contribution >= 0.6 is 8.58 Å². The Morgan fingerprint density at radius 1 is 0.500 bits per heavy atom. The third kappa shape index (κ3) is 11.0. The van der Waals surface area contributed by atoms with E-state index in [1.165, 1.54) is 93.5 Å². The van der Waals surface area contributed by atoms with Gasteiger partial charge in [0.2, 0.25) is 0 Å². The summed E-state index contributed by atoms with van der Waals surface area (Å²) in [6.45, 7) is 8.01. The fraction of sp³-hybridized carbons (Fsp3) is 0.500. The zero-order valence-corrected chi connectivity index (χ0v) is 25.3. The first-order valence-electron chi connectivity index (χ1n) is 15.5. The van der Waals surface area contributed by atoms with Crippen LogP contribution in [0.3, 0.4) is 0 Å². The van der Waals surface area contributed by atoms with Crippen molar-refractivity contribution in [3.05, 3.63) is 108 Å². The molecule has 0 heterocycles. The average Bonchev–Trinajstić information content (AvgIpc) is 2.95. The van der Waals surface area contributed by atoms with Crippen molar-refractivity contribution in [3.8, 4) is 0 Å². The summed E-state index contributed by atoms with van der Waals surface area (Å²) < 4.78 is 1.12. The van der Waals surface area contributed by atoms with Crippen LogP contribution in [0.4, 0.5) is 0 Å². The highest BCUT2D eigenvalue weighted by atomic mass is 31.1. The second kappa shape index (κ2) is 18.4. The summed E-state index contributed by atoms with van der Waals surface area (Å²) in [6, 6.07) is 33.7. The van der Waals surface area contributed by atoms with E-state index in [-0.39, 0.29) is 0 Å². The molecule has 0 aliphatic rings. The second-order valence-electron chi connectivity index (χ2n) is 11.2. The predicted octanol–water partition coefficient (Wildman–Crippen LogP) is 10.7. The molecular formula is C36H53NP+. The topological polar surface area (TPSA) is 0 Å². The summed E-state index contributed by atoms with van der Waals surface area (Å²) in [7, 11) is 1.01. The van der Waals surface area contributed by atoms with Crippen molar-refractivity contribution >= 4 is 8.58 Å². The highest BCUT2D eigenvalue weighted by Gasteiger charge is 2.36. The average molecular weight is 531 g/mol. The molecule has 0 saturated carbocycles. The lowest BCUT2D eigenvalue weighted by Gasteiger charge is -2.45. The Bertz CT molecular complexity index is 855. The number of benzene rings is 3. The van der Waals surface area contributed by atoms with E-state index in [4.69, 9.17) is 0 Å². The second-order valence-corrected chi connectivity index (χ2v) is 12.8. The van der Waals surface area contributed by atoms with Gasteiger partial charge in [0.15, 0.2) is 0 Å². The van der Waals surface area contributed by atoms with Gasteiger partial charge in [-0.25, -0.2) is 0 Å². The monoisotopic (exact) mass is 530 g/mol. The molecule has 0 aliphatic heterocycles. The molecule has 3 rings (SSSR count). The zero-order valence-electron chi connectivity index (χ0n) is 24.3. The molecule has 1 nitrogen and oxygen atoms in total. The van der Waals surface area contributed by atoms with Crippen LogP contribution in [0, 0.1) is 0 Å². The smallest absolute Gasteiger partial charge is 0.105 e. The van der Waals surface area contributed by atoms with Gasteiger partial charge < -0.3 is 4.48 Å². The van der Waals surface area contributed by atoms with Gasteiger partial charge in [-0.05, 0) is 12.6 Å². The van der Waals surface area contributed by atoms with Crippen molar-refractivity contribution in [2.45, 2.75) is 110 Å². The Kier molecular flexibility index (Phi) is 14.8. The lowest BCUT2D eigenvalue weighted by Crippen LogP contribution is -2.51. The molecule has 2 atom stereocenters. The predicted molar refractivity (Wildman–Crippen MR) is 170 cm³/mol. The van der Waals surface area contributed by atoms with E-state index in [1.807, 2.05) is 0 Å². The maximum atomic E-state index is 2.43. The van der Waals surface area contributed by atoms with Gasteiger partial charge in [-0.1, -0.05) is 171 Å². The first-order chi connectivity index (χ1) is 18.8. The van der Waals surface area contributed by atoms with Crippen LogP contribution in [0.15, 0.2) is 91.0 Å². The van der Waals surface area contributed by atoms with Crippen LogP contribution in [-0.2, 0) is 19.6 Å². The van der Waals surface area contributed by atoms with Gasteiger partial charge in [-0.15, -0.1) is 0 Å². The molecule has 0 fully saturated rings. The van der Waals surface area contributed by atoms with Crippen LogP contribution in [0.5, 0.6) is 0 Å². The first kappa shape index (κ1) is 30.6. The van der Waals surface area contributed by atoms with Crippen molar-refractivity contribution in [3.63, 3.8) is 0 Å². The van der Waals surface area contributed by atoms with E-state index in [1.54, 1.807) is 0 Å². The normalized spacial score (nSPS) is 12.8. The zero-order chi connectivity index (χ0) is 26.7. The molecule has 2 heteroatoms. The van der Waals surface area contributed by atoms with E-state index >= 15 is 0 Å². The molecule has 3 aromatic carbocycles. The highest BCUT2D eigenvalue weighted by Crippen LogP contribution is 2.38. The SMILES string of the molecule is CCCCCCCCCCCCPC(CC)[N+](Cc1ccccc1)(Cc1ccccc1)Cc1ccccc1. The summed E-state index contributed by atoms with van der Waals surface area (Å²) in [4.78, 5) is 0. The summed E-state index contributed by atoms with van der Waals surface area (Å²) in [5.41, 5.74) is 4.38. The molecule has 0 amide bonds. The maximum Gasteiger partial charge on any atom is 0.105 e. The van der Waals surface area contributed by atoms with Gasteiger partial charge in [-0.3, -0.25) is 0 Å². The summed E-state index contributed by atoms with van der Waals surface area (Å²) >= 11 is 0. The quantitative estimate of drug-likeness (QED) is 0.0774. The third-order valence-electron chi connectivity index (χ3n) is 7.98. The van der Waals surface area contributed by atoms with Crippen molar-refractivity contribution in [2.24, 2.45) is 0 Å². The maximum absolute atomic E-state index is 2.43. The molecule has 38 heavy (non-hydrogen) atoms.